The molecule has 10 aromatic rings. The predicted molar refractivity (Wildman–Crippen MR) is 214 cm³/mol. The minimum Gasteiger partial charge on any atom is -0.456 e. The smallest absolute Gasteiger partial charge is 0.136 e. The van der Waals surface area contributed by atoms with E-state index in [0.29, 0.717) is 0 Å². The Morgan fingerprint density at radius 2 is 0.902 bits per heavy atom. The van der Waals surface area contributed by atoms with Crippen LogP contribution in [0.4, 0.5) is 17.1 Å². The van der Waals surface area contributed by atoms with Crippen molar-refractivity contribution in [2.75, 3.05) is 4.90 Å². The summed E-state index contributed by atoms with van der Waals surface area (Å²) >= 11 is 0. The first kappa shape index (κ1) is 29.1. The minimum atomic E-state index is 0.887. The third-order valence-electron chi connectivity index (χ3n) is 10.0. The van der Waals surface area contributed by atoms with Crippen LogP contribution in [0.15, 0.2) is 199 Å². The monoisotopic (exact) mass is 652 g/mol. The molecule has 2 aromatic heterocycles. The first-order valence-electron chi connectivity index (χ1n) is 17.4. The van der Waals surface area contributed by atoms with E-state index in [-0.39, 0.29) is 0 Å². The Kier molecular flexibility index (Phi) is 6.81. The number of hydrogen-bond donors (Lipinski definition) is 0. The van der Waals surface area contributed by atoms with E-state index in [1.807, 2.05) is 12.1 Å². The van der Waals surface area contributed by atoms with Crippen LogP contribution in [0.2, 0.25) is 0 Å². The summed E-state index contributed by atoms with van der Waals surface area (Å²) in [5.74, 6) is 0. The van der Waals surface area contributed by atoms with E-state index in [4.69, 9.17) is 4.42 Å². The van der Waals surface area contributed by atoms with Gasteiger partial charge in [0.15, 0.2) is 0 Å². The number of fused-ring (bicyclic) bond motifs is 6. The Morgan fingerprint density at radius 1 is 0.373 bits per heavy atom. The lowest BCUT2D eigenvalue weighted by Gasteiger charge is -2.28. The average molecular weight is 653 g/mol. The van der Waals surface area contributed by atoms with Crippen LogP contribution in [0.25, 0.3) is 71.7 Å². The van der Waals surface area contributed by atoms with Gasteiger partial charge < -0.3 is 13.9 Å². The van der Waals surface area contributed by atoms with Crippen molar-refractivity contribution in [1.29, 1.82) is 0 Å². The number of furan rings is 1. The van der Waals surface area contributed by atoms with E-state index in [9.17, 15) is 0 Å². The number of hydrogen-bond acceptors (Lipinski definition) is 2. The zero-order valence-corrected chi connectivity index (χ0v) is 27.8. The molecule has 0 bridgehead atoms. The molecular weight excluding hydrogens is 621 g/mol. The van der Waals surface area contributed by atoms with Gasteiger partial charge in [0.2, 0.25) is 0 Å². The van der Waals surface area contributed by atoms with Crippen LogP contribution >= 0.6 is 0 Å². The maximum Gasteiger partial charge on any atom is 0.136 e. The molecule has 0 saturated carbocycles. The van der Waals surface area contributed by atoms with Crippen molar-refractivity contribution in [3.63, 3.8) is 0 Å². The number of aromatic nitrogens is 1. The molecule has 0 unspecified atom stereocenters. The van der Waals surface area contributed by atoms with Gasteiger partial charge in [-0.05, 0) is 83.4 Å². The molecule has 2 heterocycles. The van der Waals surface area contributed by atoms with Crippen molar-refractivity contribution in [3.8, 4) is 27.9 Å². The van der Waals surface area contributed by atoms with Crippen LogP contribution in [0.3, 0.4) is 0 Å². The maximum absolute atomic E-state index is 6.33. The van der Waals surface area contributed by atoms with Crippen LogP contribution in [-0.2, 0) is 0 Å². The molecule has 0 aliphatic heterocycles. The van der Waals surface area contributed by atoms with Gasteiger partial charge in [-0.2, -0.15) is 0 Å². The summed E-state index contributed by atoms with van der Waals surface area (Å²) in [6.45, 7) is 0. The van der Waals surface area contributed by atoms with Gasteiger partial charge in [0.05, 0.1) is 16.7 Å². The summed E-state index contributed by atoms with van der Waals surface area (Å²) in [7, 11) is 0. The zero-order chi connectivity index (χ0) is 33.7. The van der Waals surface area contributed by atoms with Gasteiger partial charge in [-0.25, -0.2) is 0 Å². The standard InChI is InChI=1S/C48H32N2O/c1-2-13-33(14-3-1)34-25-27-35(28-26-34)49(36-29-31-37(32-30-36)50-44-21-9-4-15-38(44)39-16-5-10-22-45(39)50)43-20-8-6-17-40(43)41-19-12-24-47-48(41)42-18-7-11-23-46(42)51-47/h1-32H. The molecule has 3 heteroatoms. The highest BCUT2D eigenvalue weighted by molar-refractivity contribution is 6.14. The summed E-state index contributed by atoms with van der Waals surface area (Å²) in [5.41, 5.74) is 13.2. The van der Waals surface area contributed by atoms with Crippen molar-refractivity contribution in [2.24, 2.45) is 0 Å². The van der Waals surface area contributed by atoms with E-state index >= 15 is 0 Å². The highest BCUT2D eigenvalue weighted by atomic mass is 16.3. The van der Waals surface area contributed by atoms with Gasteiger partial charge in [-0.15, -0.1) is 0 Å². The minimum absolute atomic E-state index is 0.887. The van der Waals surface area contributed by atoms with E-state index in [2.05, 4.69) is 191 Å². The fourth-order valence-electron chi connectivity index (χ4n) is 7.71. The first-order chi connectivity index (χ1) is 25.3. The summed E-state index contributed by atoms with van der Waals surface area (Å²) in [6.07, 6.45) is 0. The molecular formula is C48H32N2O. The SMILES string of the molecule is c1ccc(-c2ccc(N(c3ccc(-n4c5ccccc5c5ccccc54)cc3)c3ccccc3-c3cccc4oc5ccccc5c34)cc2)cc1. The van der Waals surface area contributed by atoms with Crippen molar-refractivity contribution in [2.45, 2.75) is 0 Å². The lowest BCUT2D eigenvalue weighted by molar-refractivity contribution is 0.669. The lowest BCUT2D eigenvalue weighted by Crippen LogP contribution is -2.11. The number of nitrogens with zero attached hydrogens (tertiary/aromatic N) is 2. The fraction of sp³-hybridized carbons (Fsp3) is 0. The predicted octanol–water partition coefficient (Wildman–Crippen LogP) is 13.5. The van der Waals surface area contributed by atoms with Crippen LogP contribution in [0.5, 0.6) is 0 Å². The Hall–Kier alpha value is -6.84. The molecule has 240 valence electrons. The summed E-state index contributed by atoms with van der Waals surface area (Å²) in [6, 6.07) is 69.1. The third-order valence-corrected chi connectivity index (χ3v) is 10.0. The number of benzene rings is 8. The van der Waals surface area contributed by atoms with E-state index in [0.717, 1.165) is 55.8 Å². The number of anilines is 3. The lowest BCUT2D eigenvalue weighted by atomic mass is 9.96. The number of rotatable bonds is 6. The largest absolute Gasteiger partial charge is 0.456 e. The summed E-state index contributed by atoms with van der Waals surface area (Å²) < 4.78 is 8.70. The third kappa shape index (κ3) is 4.82. The normalized spacial score (nSPS) is 11.5. The molecule has 0 spiro atoms. The van der Waals surface area contributed by atoms with Crippen molar-refractivity contribution in [3.05, 3.63) is 194 Å². The topological polar surface area (TPSA) is 21.3 Å². The zero-order valence-electron chi connectivity index (χ0n) is 27.8. The second-order valence-electron chi connectivity index (χ2n) is 12.9. The second kappa shape index (κ2) is 11.9. The number of para-hydroxylation sites is 4. The molecule has 0 atom stereocenters. The van der Waals surface area contributed by atoms with E-state index < -0.39 is 0 Å². The quantitative estimate of drug-likeness (QED) is 0.178. The second-order valence-corrected chi connectivity index (χ2v) is 12.9. The highest BCUT2D eigenvalue weighted by Crippen LogP contribution is 2.45. The molecule has 51 heavy (non-hydrogen) atoms. The fourth-order valence-corrected chi connectivity index (χ4v) is 7.71. The molecule has 0 N–H and O–H groups in total. The summed E-state index contributed by atoms with van der Waals surface area (Å²) in [4.78, 5) is 2.38. The van der Waals surface area contributed by atoms with Gasteiger partial charge in [0.25, 0.3) is 0 Å². The molecule has 10 rings (SSSR count). The van der Waals surface area contributed by atoms with E-state index in [1.165, 1.54) is 32.9 Å². The van der Waals surface area contributed by atoms with Crippen LogP contribution in [-0.4, -0.2) is 4.57 Å². The van der Waals surface area contributed by atoms with Crippen molar-refractivity contribution in [1.82, 2.24) is 4.57 Å². The van der Waals surface area contributed by atoms with Crippen LogP contribution in [0.1, 0.15) is 0 Å². The van der Waals surface area contributed by atoms with Gasteiger partial charge >= 0.3 is 0 Å². The van der Waals surface area contributed by atoms with Crippen molar-refractivity contribution < 1.29 is 4.42 Å². The Bertz CT molecular complexity index is 2790. The molecule has 0 aliphatic carbocycles. The molecule has 0 saturated heterocycles. The maximum atomic E-state index is 6.33. The Morgan fingerprint density at radius 3 is 1.63 bits per heavy atom. The van der Waals surface area contributed by atoms with Gasteiger partial charge in [-0.1, -0.05) is 127 Å². The van der Waals surface area contributed by atoms with Gasteiger partial charge in [0.1, 0.15) is 11.2 Å². The van der Waals surface area contributed by atoms with E-state index in [1.54, 1.807) is 0 Å². The van der Waals surface area contributed by atoms with Gasteiger partial charge in [0, 0.05) is 44.2 Å². The molecule has 0 aliphatic rings. The molecule has 0 radical (unpaired) electrons. The van der Waals surface area contributed by atoms with Crippen LogP contribution < -0.4 is 4.90 Å². The first-order valence-corrected chi connectivity index (χ1v) is 17.4. The highest BCUT2D eigenvalue weighted by Gasteiger charge is 2.21. The van der Waals surface area contributed by atoms with Gasteiger partial charge in [-0.3, -0.25) is 0 Å². The Balaban J connectivity index is 1.16. The van der Waals surface area contributed by atoms with Crippen molar-refractivity contribution >= 4 is 60.8 Å². The average Bonchev–Trinajstić information content (AvgIpc) is 3.75. The summed E-state index contributed by atoms with van der Waals surface area (Å²) in [5, 5.41) is 4.76. The van der Waals surface area contributed by atoms with Crippen LogP contribution in [0, 0.1) is 0 Å². The molecule has 0 amide bonds. The molecule has 8 aromatic carbocycles. The Labute approximate surface area is 295 Å². The molecule has 0 fully saturated rings. The molecule has 3 nitrogen and oxygen atoms in total.